The fraction of sp³-hybridized carbons (Fsp3) is 0.200. The van der Waals surface area contributed by atoms with Crippen LogP contribution in [0.3, 0.4) is 0 Å². The molecule has 0 aromatic carbocycles. The van der Waals surface area contributed by atoms with Crippen molar-refractivity contribution in [3.8, 4) is 0 Å². The predicted molar refractivity (Wildman–Crippen MR) is 40.1 cm³/mol. The van der Waals surface area contributed by atoms with Crippen molar-refractivity contribution < 1.29 is 14.7 Å². The number of hydrogen-bond acceptors (Lipinski definition) is 6. The minimum absolute atomic E-state index is 0.299. The minimum Gasteiger partial charge on any atom is -0.478 e. The maximum atomic E-state index is 10.6. The van der Waals surface area contributed by atoms with Crippen molar-refractivity contribution in [2.45, 2.75) is 5.72 Å². The van der Waals surface area contributed by atoms with E-state index in [9.17, 15) is 4.79 Å². The lowest BCUT2D eigenvalue weighted by Gasteiger charge is -1.96. The first-order valence-electron chi connectivity index (χ1n) is 3.05. The Bertz CT molecular complexity index is 332. The molecule has 0 radical (unpaired) electrons. The Morgan fingerprint density at radius 3 is 2.92 bits per heavy atom. The van der Waals surface area contributed by atoms with Gasteiger partial charge in [0.1, 0.15) is 5.82 Å². The van der Waals surface area contributed by atoms with E-state index < -0.39 is 11.7 Å². The number of thiazole rings is 1. The van der Waals surface area contributed by atoms with Crippen LogP contribution in [0, 0.1) is 0 Å². The third-order valence-electron chi connectivity index (χ3n) is 1.43. The number of hydrogen-bond donors (Lipinski definition) is 3. The lowest BCUT2D eigenvalue weighted by Crippen LogP contribution is -2.24. The van der Waals surface area contributed by atoms with Crippen LogP contribution in [0.4, 0.5) is 5.82 Å². The number of aromatic nitrogens is 1. The van der Waals surface area contributed by atoms with Gasteiger partial charge in [0.15, 0.2) is 5.01 Å². The zero-order valence-electron chi connectivity index (χ0n) is 5.77. The third-order valence-corrected chi connectivity index (χ3v) is 2.39. The molecule has 0 spiro atoms. The Kier molecular flexibility index (Phi) is 1.34. The molecule has 1 aliphatic rings. The van der Waals surface area contributed by atoms with Crippen LogP contribution in [-0.4, -0.2) is 16.1 Å². The molecule has 2 heterocycles. The summed E-state index contributed by atoms with van der Waals surface area (Å²) >= 11 is 1.14. The molecule has 0 amide bonds. The highest BCUT2D eigenvalue weighted by atomic mass is 32.1. The topological polar surface area (TPSA) is 111 Å². The Balaban J connectivity index is 2.36. The number of hydroxylamine groups is 1. The number of carboxylic acid groups (broad SMARTS) is 1. The van der Waals surface area contributed by atoms with Gasteiger partial charge in [-0.05, 0) is 0 Å². The highest BCUT2D eigenvalue weighted by Crippen LogP contribution is 2.35. The summed E-state index contributed by atoms with van der Waals surface area (Å²) in [4.78, 5) is 19.0. The molecule has 1 aromatic rings. The highest BCUT2D eigenvalue weighted by molar-refractivity contribution is 7.10. The first-order valence-corrected chi connectivity index (χ1v) is 3.93. The molecule has 0 aliphatic carbocycles. The van der Waals surface area contributed by atoms with Crippen LogP contribution in [0.5, 0.6) is 0 Å². The zero-order chi connectivity index (χ0) is 8.77. The van der Waals surface area contributed by atoms with Crippen LogP contribution in [0.25, 0.3) is 0 Å². The van der Waals surface area contributed by atoms with Crippen molar-refractivity contribution in [1.82, 2.24) is 10.5 Å². The Hall–Kier alpha value is -1.18. The molecule has 1 aliphatic heterocycles. The fourth-order valence-electron chi connectivity index (χ4n) is 0.765. The number of aliphatic carboxylic acids is 1. The number of nitrogens with one attached hydrogen (secondary N) is 1. The second-order valence-electron chi connectivity index (χ2n) is 2.27. The summed E-state index contributed by atoms with van der Waals surface area (Å²) in [5, 5.41) is 10.6. The Labute approximate surface area is 70.9 Å². The minimum atomic E-state index is -1.44. The molecule has 0 bridgehead atoms. The van der Waals surface area contributed by atoms with E-state index in [1.165, 1.54) is 0 Å². The average Bonchev–Trinajstić information content (AvgIpc) is 2.71. The van der Waals surface area contributed by atoms with Crippen molar-refractivity contribution in [2.24, 2.45) is 0 Å². The van der Waals surface area contributed by atoms with Gasteiger partial charge in [0.05, 0.1) is 0 Å². The van der Waals surface area contributed by atoms with E-state index in [1.54, 1.807) is 5.38 Å². The first-order chi connectivity index (χ1) is 5.65. The van der Waals surface area contributed by atoms with Crippen molar-refractivity contribution in [3.63, 3.8) is 0 Å². The SMILES string of the molecule is Nc1csc(C2(C(=O)O)NO2)n1. The number of nitrogen functional groups attached to an aromatic ring is 1. The van der Waals surface area contributed by atoms with Crippen molar-refractivity contribution >= 4 is 23.1 Å². The molecule has 12 heavy (non-hydrogen) atoms. The Morgan fingerprint density at radius 2 is 2.58 bits per heavy atom. The summed E-state index contributed by atoms with van der Waals surface area (Å²) in [5.74, 6) is -0.815. The van der Waals surface area contributed by atoms with Gasteiger partial charge in [0.25, 0.3) is 0 Å². The molecule has 4 N–H and O–H groups in total. The summed E-state index contributed by atoms with van der Waals surface area (Å²) in [5.41, 5.74) is 6.15. The van der Waals surface area contributed by atoms with Gasteiger partial charge in [0.2, 0.25) is 0 Å². The largest absolute Gasteiger partial charge is 0.478 e. The van der Waals surface area contributed by atoms with E-state index in [0.29, 0.717) is 10.8 Å². The smallest absolute Gasteiger partial charge is 0.363 e. The summed E-state index contributed by atoms with van der Waals surface area (Å²) in [7, 11) is 0. The molecule has 1 saturated heterocycles. The van der Waals surface area contributed by atoms with Crippen molar-refractivity contribution in [1.29, 1.82) is 0 Å². The van der Waals surface area contributed by atoms with E-state index in [2.05, 4.69) is 15.3 Å². The molecule has 1 fully saturated rings. The normalized spacial score (nSPS) is 27.0. The third kappa shape index (κ3) is 0.876. The number of carbonyl (C=O) groups is 1. The molecule has 2 rings (SSSR count). The molecular weight excluding hydrogens is 182 g/mol. The van der Waals surface area contributed by atoms with E-state index in [-0.39, 0.29) is 0 Å². The average molecular weight is 187 g/mol. The summed E-state index contributed by atoms with van der Waals surface area (Å²) in [6.45, 7) is 0. The monoisotopic (exact) mass is 187 g/mol. The first kappa shape index (κ1) is 7.47. The van der Waals surface area contributed by atoms with Crippen LogP contribution in [0.1, 0.15) is 5.01 Å². The van der Waals surface area contributed by atoms with Gasteiger partial charge in [-0.15, -0.1) is 16.8 Å². The highest BCUT2D eigenvalue weighted by Gasteiger charge is 2.58. The lowest BCUT2D eigenvalue weighted by atomic mass is 10.3. The van der Waals surface area contributed by atoms with Crippen LogP contribution in [-0.2, 0) is 15.4 Å². The van der Waals surface area contributed by atoms with Crippen LogP contribution < -0.4 is 11.2 Å². The second-order valence-corrected chi connectivity index (χ2v) is 3.13. The van der Waals surface area contributed by atoms with Gasteiger partial charge >= 0.3 is 11.7 Å². The van der Waals surface area contributed by atoms with Crippen LogP contribution in [0.15, 0.2) is 5.38 Å². The van der Waals surface area contributed by atoms with E-state index in [1.807, 2.05) is 0 Å². The number of carboxylic acids is 1. The molecule has 64 valence electrons. The van der Waals surface area contributed by atoms with Gasteiger partial charge in [-0.2, -0.15) is 0 Å². The molecule has 1 aromatic heterocycles. The van der Waals surface area contributed by atoms with Gasteiger partial charge in [-0.25, -0.2) is 9.78 Å². The second kappa shape index (κ2) is 2.16. The number of anilines is 1. The predicted octanol–water partition coefficient (Wildman–Crippen LogP) is -0.503. The van der Waals surface area contributed by atoms with Gasteiger partial charge in [0, 0.05) is 5.38 Å². The van der Waals surface area contributed by atoms with Crippen LogP contribution in [0.2, 0.25) is 0 Å². The van der Waals surface area contributed by atoms with Crippen molar-refractivity contribution in [3.05, 3.63) is 10.4 Å². The molecule has 6 nitrogen and oxygen atoms in total. The summed E-state index contributed by atoms with van der Waals surface area (Å²) in [6.07, 6.45) is 0. The van der Waals surface area contributed by atoms with Gasteiger partial charge in [-0.1, -0.05) is 0 Å². The number of nitrogens with zero attached hydrogens (tertiary/aromatic N) is 1. The zero-order valence-corrected chi connectivity index (χ0v) is 6.59. The quantitative estimate of drug-likeness (QED) is 0.538. The summed E-state index contributed by atoms with van der Waals surface area (Å²) in [6, 6.07) is 0. The van der Waals surface area contributed by atoms with Gasteiger partial charge in [-0.3, -0.25) is 4.84 Å². The summed E-state index contributed by atoms with van der Waals surface area (Å²) < 4.78 is 0. The maximum absolute atomic E-state index is 10.6. The lowest BCUT2D eigenvalue weighted by molar-refractivity contribution is -0.143. The van der Waals surface area contributed by atoms with Gasteiger partial charge < -0.3 is 10.8 Å². The molecule has 7 heteroatoms. The number of rotatable bonds is 2. The van der Waals surface area contributed by atoms with Crippen LogP contribution >= 0.6 is 11.3 Å². The molecule has 1 unspecified atom stereocenters. The Morgan fingerprint density at radius 1 is 1.92 bits per heavy atom. The van der Waals surface area contributed by atoms with Crippen molar-refractivity contribution in [2.75, 3.05) is 5.73 Å². The standard InChI is InChI=1S/C5H5N3O3S/c6-2-1-12-3(7-2)5(4(9)10)8-11-5/h1,8H,6H2,(H,9,10). The van der Waals surface area contributed by atoms with E-state index >= 15 is 0 Å². The molecule has 1 atom stereocenters. The molecular formula is C5H5N3O3S. The molecule has 0 saturated carbocycles. The van der Waals surface area contributed by atoms with E-state index in [0.717, 1.165) is 11.3 Å². The number of nitrogens with two attached hydrogens (primary N) is 1. The fourth-order valence-corrected chi connectivity index (χ4v) is 1.54. The maximum Gasteiger partial charge on any atom is 0.363 e. The van der Waals surface area contributed by atoms with E-state index in [4.69, 9.17) is 10.8 Å².